The molecule has 0 bridgehead atoms. The van der Waals surface area contributed by atoms with Gasteiger partial charge in [0, 0.05) is 17.1 Å². The zero-order chi connectivity index (χ0) is 28.4. The fourth-order valence-corrected chi connectivity index (χ4v) is 4.17. The van der Waals surface area contributed by atoms with Crippen LogP contribution in [0.25, 0.3) is 11.1 Å². The average molecular weight is 560 g/mol. The molecule has 0 radical (unpaired) electrons. The number of carboxylic acid groups (broad SMARTS) is 1. The van der Waals surface area contributed by atoms with Crippen molar-refractivity contribution in [3.05, 3.63) is 87.4 Å². The van der Waals surface area contributed by atoms with E-state index in [1.165, 1.54) is 13.2 Å². The Hall–Kier alpha value is -3.40. The highest BCUT2D eigenvalue weighted by molar-refractivity contribution is 6.30. The highest BCUT2D eigenvalue weighted by Gasteiger charge is 2.37. The van der Waals surface area contributed by atoms with E-state index in [1.54, 1.807) is 18.2 Å². The number of nitrogens with zero attached hydrogens (tertiary/aromatic N) is 1. The summed E-state index contributed by atoms with van der Waals surface area (Å²) in [7, 11) is 1.47. The molecule has 1 N–H and O–H groups in total. The molecule has 0 aliphatic rings. The average Bonchev–Trinajstić information content (AvgIpc) is 2.82. The topological polar surface area (TPSA) is 49.8 Å². The molecular formula is C27H24ClF6NO3. The summed E-state index contributed by atoms with van der Waals surface area (Å²) in [6.07, 6.45) is -11.6. The van der Waals surface area contributed by atoms with Gasteiger partial charge in [-0.1, -0.05) is 37.6 Å². The molecule has 0 aliphatic heterocycles. The standard InChI is InChI=1S/C27H24ClF6NO3/c1-15(2)17-4-7-24(38-3)23(11-17)22-6-5-21(28)10-18(22)14-35(25(36)37)13-16-8-19(26(29,30)31)12-20(9-16)27(32,33)34/h4-12,15H,13-14H2,1-3H3,(H,36,37). The molecule has 0 fully saturated rings. The summed E-state index contributed by atoms with van der Waals surface area (Å²) in [5, 5.41) is 10.1. The van der Waals surface area contributed by atoms with Gasteiger partial charge in [0.2, 0.25) is 0 Å². The maximum Gasteiger partial charge on any atom is 0.416 e. The van der Waals surface area contributed by atoms with Crippen LogP contribution in [0.3, 0.4) is 0 Å². The second-order valence-electron chi connectivity index (χ2n) is 8.97. The molecule has 0 aliphatic carbocycles. The zero-order valence-corrected chi connectivity index (χ0v) is 21.3. The number of rotatable bonds is 7. The van der Waals surface area contributed by atoms with Gasteiger partial charge in [-0.15, -0.1) is 0 Å². The smallest absolute Gasteiger partial charge is 0.416 e. The van der Waals surface area contributed by atoms with Gasteiger partial charge >= 0.3 is 18.4 Å². The Morgan fingerprint density at radius 2 is 1.50 bits per heavy atom. The molecule has 0 aromatic heterocycles. The normalized spacial score (nSPS) is 12.1. The number of halogens is 7. The predicted molar refractivity (Wildman–Crippen MR) is 131 cm³/mol. The first-order valence-electron chi connectivity index (χ1n) is 11.3. The molecule has 3 rings (SSSR count). The Labute approximate surface area is 220 Å². The molecule has 0 atom stereocenters. The van der Waals surface area contributed by atoms with Gasteiger partial charge in [-0.25, -0.2) is 4.79 Å². The number of methoxy groups -OCH3 is 1. The van der Waals surface area contributed by atoms with Crippen LogP contribution in [0.2, 0.25) is 5.02 Å². The number of hydrogen-bond acceptors (Lipinski definition) is 2. The van der Waals surface area contributed by atoms with E-state index in [1.807, 2.05) is 26.0 Å². The van der Waals surface area contributed by atoms with E-state index in [0.29, 0.717) is 34.6 Å². The molecule has 38 heavy (non-hydrogen) atoms. The maximum absolute atomic E-state index is 13.3. The number of carbonyl (C=O) groups is 1. The lowest BCUT2D eigenvalue weighted by molar-refractivity contribution is -0.143. The molecule has 11 heteroatoms. The lowest BCUT2D eigenvalue weighted by atomic mass is 9.93. The van der Waals surface area contributed by atoms with Gasteiger partial charge in [-0.3, -0.25) is 4.90 Å². The second-order valence-corrected chi connectivity index (χ2v) is 9.41. The Morgan fingerprint density at radius 3 is 2.00 bits per heavy atom. The van der Waals surface area contributed by atoms with Crippen molar-refractivity contribution in [3.8, 4) is 16.9 Å². The minimum Gasteiger partial charge on any atom is -0.496 e. The fraction of sp³-hybridized carbons (Fsp3) is 0.296. The van der Waals surface area contributed by atoms with Crippen molar-refractivity contribution >= 4 is 17.7 Å². The number of alkyl halides is 6. The number of ether oxygens (including phenoxy) is 1. The molecule has 3 aromatic carbocycles. The van der Waals surface area contributed by atoms with Crippen molar-refractivity contribution in [2.24, 2.45) is 0 Å². The summed E-state index contributed by atoms with van der Waals surface area (Å²) in [5.41, 5.74) is -0.952. The summed E-state index contributed by atoms with van der Waals surface area (Å²) < 4.78 is 85.3. The molecule has 3 aromatic rings. The van der Waals surface area contributed by atoms with Crippen LogP contribution in [0, 0.1) is 0 Å². The van der Waals surface area contributed by atoms with Crippen molar-refractivity contribution in [2.75, 3.05) is 7.11 Å². The fourth-order valence-electron chi connectivity index (χ4n) is 3.98. The first kappa shape index (κ1) is 29.2. The number of benzene rings is 3. The van der Waals surface area contributed by atoms with Crippen LogP contribution in [0.4, 0.5) is 31.1 Å². The molecule has 0 unspecified atom stereocenters. The van der Waals surface area contributed by atoms with Crippen molar-refractivity contribution < 1.29 is 41.0 Å². The molecule has 4 nitrogen and oxygen atoms in total. The minimum absolute atomic E-state index is 0.00231. The summed E-state index contributed by atoms with van der Waals surface area (Å²) >= 11 is 6.18. The van der Waals surface area contributed by atoms with E-state index >= 15 is 0 Å². The molecule has 0 saturated heterocycles. The second kappa shape index (κ2) is 11.1. The first-order valence-corrected chi connectivity index (χ1v) is 11.7. The maximum atomic E-state index is 13.3. The highest BCUT2D eigenvalue weighted by Crippen LogP contribution is 2.38. The van der Waals surface area contributed by atoms with Crippen molar-refractivity contribution in [3.63, 3.8) is 0 Å². The highest BCUT2D eigenvalue weighted by atomic mass is 35.5. The predicted octanol–water partition coefficient (Wildman–Crippen LogP) is 8.86. The summed E-state index contributed by atoms with van der Waals surface area (Å²) in [6.45, 7) is 2.89. The molecule has 1 amide bonds. The van der Waals surface area contributed by atoms with Crippen molar-refractivity contribution in [1.82, 2.24) is 4.90 Å². The Bertz CT molecular complexity index is 1290. The van der Waals surface area contributed by atoms with E-state index in [4.69, 9.17) is 16.3 Å². The molecule has 0 saturated carbocycles. The first-order chi connectivity index (χ1) is 17.6. The van der Waals surface area contributed by atoms with Gasteiger partial charge < -0.3 is 9.84 Å². The molecule has 0 spiro atoms. The van der Waals surface area contributed by atoms with E-state index in [2.05, 4.69) is 0 Å². The number of hydrogen-bond donors (Lipinski definition) is 1. The van der Waals surface area contributed by atoms with Gasteiger partial charge in [0.05, 0.1) is 24.8 Å². The van der Waals surface area contributed by atoms with E-state index in [-0.39, 0.29) is 23.6 Å². The quantitative estimate of drug-likeness (QED) is 0.294. The van der Waals surface area contributed by atoms with E-state index < -0.39 is 41.7 Å². The summed E-state index contributed by atoms with van der Waals surface area (Å²) in [5.74, 6) is 0.655. The van der Waals surface area contributed by atoms with Crippen LogP contribution in [0.1, 0.15) is 47.6 Å². The van der Waals surface area contributed by atoms with Crippen molar-refractivity contribution in [2.45, 2.75) is 45.2 Å². The van der Waals surface area contributed by atoms with Crippen LogP contribution >= 0.6 is 11.6 Å². The lowest BCUT2D eigenvalue weighted by Gasteiger charge is -2.23. The Morgan fingerprint density at radius 1 is 0.895 bits per heavy atom. The summed E-state index contributed by atoms with van der Waals surface area (Å²) in [4.78, 5) is 12.8. The lowest BCUT2D eigenvalue weighted by Crippen LogP contribution is -2.29. The van der Waals surface area contributed by atoms with Gasteiger partial charge in [0.1, 0.15) is 5.75 Å². The monoisotopic (exact) mass is 559 g/mol. The third kappa shape index (κ3) is 6.92. The van der Waals surface area contributed by atoms with Gasteiger partial charge in [0.15, 0.2) is 0 Å². The van der Waals surface area contributed by atoms with Gasteiger partial charge in [0.25, 0.3) is 0 Å². The van der Waals surface area contributed by atoms with E-state index in [9.17, 15) is 36.2 Å². The Kier molecular flexibility index (Phi) is 8.55. The Balaban J connectivity index is 2.08. The summed E-state index contributed by atoms with van der Waals surface area (Å²) in [6, 6.07) is 11.3. The van der Waals surface area contributed by atoms with Crippen LogP contribution in [-0.2, 0) is 25.4 Å². The van der Waals surface area contributed by atoms with Crippen LogP contribution < -0.4 is 4.74 Å². The largest absolute Gasteiger partial charge is 0.496 e. The number of amides is 1. The van der Waals surface area contributed by atoms with E-state index in [0.717, 1.165) is 10.5 Å². The zero-order valence-electron chi connectivity index (χ0n) is 20.5. The third-order valence-corrected chi connectivity index (χ3v) is 6.14. The molecule has 0 heterocycles. The van der Waals surface area contributed by atoms with Crippen molar-refractivity contribution in [1.29, 1.82) is 0 Å². The van der Waals surface area contributed by atoms with Gasteiger partial charge in [-0.05, 0) is 70.6 Å². The van der Waals surface area contributed by atoms with Crippen LogP contribution in [-0.4, -0.2) is 23.2 Å². The molecular weight excluding hydrogens is 536 g/mol. The molecule has 204 valence electrons. The minimum atomic E-state index is -5.05. The SMILES string of the molecule is COc1ccc(C(C)C)cc1-c1ccc(Cl)cc1CN(Cc1cc(C(F)(F)F)cc(C(F)(F)F)c1)C(=O)O. The van der Waals surface area contributed by atoms with Crippen LogP contribution in [0.5, 0.6) is 5.75 Å². The van der Waals surface area contributed by atoms with Crippen LogP contribution in [0.15, 0.2) is 54.6 Å². The third-order valence-electron chi connectivity index (χ3n) is 5.90. The van der Waals surface area contributed by atoms with Gasteiger partial charge in [-0.2, -0.15) is 26.3 Å².